The van der Waals surface area contributed by atoms with E-state index in [0.29, 0.717) is 5.69 Å². The van der Waals surface area contributed by atoms with Gasteiger partial charge in [-0.1, -0.05) is 31.2 Å². The van der Waals surface area contributed by atoms with E-state index in [1.807, 2.05) is 19.1 Å². The smallest absolute Gasteiger partial charge is 0.179 e. The molecule has 0 fully saturated rings. The highest BCUT2D eigenvalue weighted by Gasteiger charge is 2.11. The Labute approximate surface area is 101 Å². The van der Waals surface area contributed by atoms with Crippen LogP contribution in [0.1, 0.15) is 35.6 Å². The summed E-state index contributed by atoms with van der Waals surface area (Å²) in [7, 11) is 0. The summed E-state index contributed by atoms with van der Waals surface area (Å²) < 4.78 is 0. The largest absolute Gasteiger partial charge is 0.341 e. The molecule has 2 aromatic rings. The molecule has 3 nitrogen and oxygen atoms in total. The Morgan fingerprint density at radius 1 is 1.29 bits per heavy atom. The molecule has 88 valence electrons. The van der Waals surface area contributed by atoms with Crippen molar-refractivity contribution < 1.29 is 4.79 Å². The number of aromatic nitrogens is 2. The first-order valence-electron chi connectivity index (χ1n) is 5.78. The van der Waals surface area contributed by atoms with Crippen LogP contribution in [0.4, 0.5) is 0 Å². The lowest BCUT2D eigenvalue weighted by Gasteiger charge is -1.99. The minimum absolute atomic E-state index is 0.00446. The predicted molar refractivity (Wildman–Crippen MR) is 68.1 cm³/mol. The van der Waals surface area contributed by atoms with Gasteiger partial charge in [0, 0.05) is 18.2 Å². The number of aromatic amines is 1. The number of nitrogens with one attached hydrogen (secondary N) is 1. The maximum Gasteiger partial charge on any atom is 0.179 e. The first-order chi connectivity index (χ1) is 8.11. The van der Waals surface area contributed by atoms with Crippen molar-refractivity contribution >= 4 is 5.78 Å². The monoisotopic (exact) mass is 228 g/mol. The van der Waals surface area contributed by atoms with Crippen molar-refractivity contribution in [3.05, 3.63) is 41.2 Å². The topological polar surface area (TPSA) is 45.8 Å². The van der Waals surface area contributed by atoms with Crippen LogP contribution < -0.4 is 0 Å². The number of Topliss-reactive ketones (excluding diaryl/α,β-unsaturated/α-hetero) is 1. The normalized spacial score (nSPS) is 10.5. The summed E-state index contributed by atoms with van der Waals surface area (Å²) in [4.78, 5) is 18.8. The third-order valence-electron chi connectivity index (χ3n) is 2.85. The van der Waals surface area contributed by atoms with E-state index in [9.17, 15) is 4.79 Å². The van der Waals surface area contributed by atoms with Crippen molar-refractivity contribution in [1.82, 2.24) is 9.97 Å². The molecule has 1 heterocycles. The zero-order chi connectivity index (χ0) is 12.4. The van der Waals surface area contributed by atoms with Gasteiger partial charge in [0.2, 0.25) is 0 Å². The van der Waals surface area contributed by atoms with E-state index in [1.54, 1.807) is 0 Å². The highest BCUT2D eigenvalue weighted by molar-refractivity contribution is 5.93. The molecule has 17 heavy (non-hydrogen) atoms. The highest BCUT2D eigenvalue weighted by Crippen LogP contribution is 2.19. The van der Waals surface area contributed by atoms with Gasteiger partial charge in [-0.15, -0.1) is 0 Å². The van der Waals surface area contributed by atoms with Crippen molar-refractivity contribution in [2.45, 2.75) is 27.2 Å². The van der Waals surface area contributed by atoms with E-state index in [4.69, 9.17) is 0 Å². The third-order valence-corrected chi connectivity index (χ3v) is 2.85. The molecule has 0 atom stereocenters. The maximum absolute atomic E-state index is 11.3. The minimum Gasteiger partial charge on any atom is -0.341 e. The molecule has 3 heteroatoms. The second-order valence-corrected chi connectivity index (χ2v) is 4.17. The standard InChI is InChI=1S/C14H16N2O/c1-4-11-5-7-12(8-6-11)14-15-9(2)13(16-14)10(3)17/h5-8H,4H2,1-3H3,(H,15,16). The summed E-state index contributed by atoms with van der Waals surface area (Å²) in [5.74, 6) is 0.755. The number of nitrogens with zero attached hydrogens (tertiary/aromatic N) is 1. The average Bonchev–Trinajstić information content (AvgIpc) is 2.71. The number of H-pyrrole nitrogens is 1. The fourth-order valence-corrected chi connectivity index (χ4v) is 1.84. The molecule has 0 unspecified atom stereocenters. The van der Waals surface area contributed by atoms with E-state index < -0.39 is 0 Å². The van der Waals surface area contributed by atoms with E-state index in [0.717, 1.165) is 23.5 Å². The second-order valence-electron chi connectivity index (χ2n) is 4.17. The SMILES string of the molecule is CCc1ccc(-c2nc(C(C)=O)c(C)[nH]2)cc1. The van der Waals surface area contributed by atoms with Crippen molar-refractivity contribution in [3.63, 3.8) is 0 Å². The van der Waals surface area contributed by atoms with Crippen LogP contribution in [0.3, 0.4) is 0 Å². The maximum atomic E-state index is 11.3. The lowest BCUT2D eigenvalue weighted by molar-refractivity contribution is 0.101. The molecule has 0 amide bonds. The van der Waals surface area contributed by atoms with Gasteiger partial charge in [0.05, 0.1) is 0 Å². The fraction of sp³-hybridized carbons (Fsp3) is 0.286. The number of ketones is 1. The summed E-state index contributed by atoms with van der Waals surface area (Å²) in [6.07, 6.45) is 1.02. The van der Waals surface area contributed by atoms with Crippen LogP contribution in [0.5, 0.6) is 0 Å². The number of hydrogen-bond acceptors (Lipinski definition) is 2. The number of benzene rings is 1. The lowest BCUT2D eigenvalue weighted by Crippen LogP contribution is -1.94. The molecule has 2 rings (SSSR count). The molecule has 0 saturated heterocycles. The van der Waals surface area contributed by atoms with Gasteiger partial charge in [-0.05, 0) is 18.9 Å². The minimum atomic E-state index is -0.00446. The van der Waals surface area contributed by atoms with Crippen molar-refractivity contribution in [1.29, 1.82) is 0 Å². The molecule has 0 bridgehead atoms. The van der Waals surface area contributed by atoms with Crippen LogP contribution >= 0.6 is 0 Å². The van der Waals surface area contributed by atoms with Gasteiger partial charge in [-0.2, -0.15) is 0 Å². The second kappa shape index (κ2) is 4.53. The molecular formula is C14H16N2O. The molecule has 0 aliphatic heterocycles. The molecule has 0 aliphatic rings. The Morgan fingerprint density at radius 3 is 2.41 bits per heavy atom. The summed E-state index contributed by atoms with van der Waals surface area (Å²) in [5, 5.41) is 0. The molecular weight excluding hydrogens is 212 g/mol. The Hall–Kier alpha value is -1.90. The zero-order valence-electron chi connectivity index (χ0n) is 10.4. The average molecular weight is 228 g/mol. The van der Waals surface area contributed by atoms with Crippen LogP contribution in [0, 0.1) is 6.92 Å². The Kier molecular flexibility index (Phi) is 3.09. The van der Waals surface area contributed by atoms with Crippen LogP contribution in [0.15, 0.2) is 24.3 Å². The van der Waals surface area contributed by atoms with Gasteiger partial charge in [-0.25, -0.2) is 4.98 Å². The van der Waals surface area contributed by atoms with E-state index in [2.05, 4.69) is 29.0 Å². The molecule has 1 aromatic carbocycles. The van der Waals surface area contributed by atoms with Crippen molar-refractivity contribution in [3.8, 4) is 11.4 Å². The predicted octanol–water partition coefficient (Wildman–Crippen LogP) is 3.15. The third kappa shape index (κ3) is 2.28. The number of rotatable bonds is 3. The summed E-state index contributed by atoms with van der Waals surface area (Å²) >= 11 is 0. The Bertz CT molecular complexity index is 538. The van der Waals surface area contributed by atoms with E-state index in [-0.39, 0.29) is 5.78 Å². The van der Waals surface area contributed by atoms with Crippen molar-refractivity contribution in [2.75, 3.05) is 0 Å². The fourth-order valence-electron chi connectivity index (χ4n) is 1.84. The molecule has 1 aromatic heterocycles. The van der Waals surface area contributed by atoms with Crippen LogP contribution in [-0.4, -0.2) is 15.8 Å². The van der Waals surface area contributed by atoms with E-state index >= 15 is 0 Å². The Balaban J connectivity index is 2.39. The summed E-state index contributed by atoms with van der Waals surface area (Å²) in [6.45, 7) is 5.53. The van der Waals surface area contributed by atoms with Gasteiger partial charge in [-0.3, -0.25) is 4.79 Å². The highest BCUT2D eigenvalue weighted by atomic mass is 16.1. The number of carbonyl (C=O) groups is 1. The van der Waals surface area contributed by atoms with Gasteiger partial charge < -0.3 is 4.98 Å². The van der Waals surface area contributed by atoms with Gasteiger partial charge in [0.15, 0.2) is 5.78 Å². The summed E-state index contributed by atoms with van der Waals surface area (Å²) in [6, 6.07) is 8.23. The number of hydrogen-bond donors (Lipinski definition) is 1. The molecule has 0 spiro atoms. The quantitative estimate of drug-likeness (QED) is 0.820. The van der Waals surface area contributed by atoms with E-state index in [1.165, 1.54) is 12.5 Å². The van der Waals surface area contributed by atoms with Gasteiger partial charge in [0.1, 0.15) is 11.5 Å². The first-order valence-corrected chi connectivity index (χ1v) is 5.78. The first kappa shape index (κ1) is 11.6. The Morgan fingerprint density at radius 2 is 1.94 bits per heavy atom. The molecule has 0 saturated carbocycles. The number of imidazole rings is 1. The van der Waals surface area contributed by atoms with Crippen LogP contribution in [0.2, 0.25) is 0 Å². The number of carbonyl (C=O) groups excluding carboxylic acids is 1. The van der Waals surface area contributed by atoms with Crippen molar-refractivity contribution in [2.24, 2.45) is 0 Å². The summed E-state index contributed by atoms with van der Waals surface area (Å²) in [5.41, 5.74) is 3.66. The zero-order valence-corrected chi connectivity index (χ0v) is 10.4. The van der Waals surface area contributed by atoms with Crippen LogP contribution in [0.25, 0.3) is 11.4 Å². The van der Waals surface area contributed by atoms with Gasteiger partial charge >= 0.3 is 0 Å². The van der Waals surface area contributed by atoms with Crippen LogP contribution in [-0.2, 0) is 6.42 Å². The lowest BCUT2D eigenvalue weighted by atomic mass is 10.1. The number of aryl methyl sites for hydroxylation is 2. The van der Waals surface area contributed by atoms with Gasteiger partial charge in [0.25, 0.3) is 0 Å². The molecule has 0 radical (unpaired) electrons. The molecule has 0 aliphatic carbocycles. The molecule has 1 N–H and O–H groups in total.